The monoisotopic (exact) mass is 240 g/mol. The largest absolute Gasteiger partial charge is 0.238 e. The van der Waals surface area contributed by atoms with E-state index >= 15 is 0 Å². The van der Waals surface area contributed by atoms with E-state index in [9.17, 15) is 12.8 Å². The minimum atomic E-state index is -3.38. The number of nitrogens with zero attached hydrogens (tertiary/aromatic N) is 2. The van der Waals surface area contributed by atoms with E-state index in [1.807, 2.05) is 0 Å². The number of hydrogen-bond donors (Lipinski definition) is 0. The van der Waals surface area contributed by atoms with Gasteiger partial charge in [-0.15, -0.1) is 0 Å². The van der Waals surface area contributed by atoms with Crippen LogP contribution in [0.3, 0.4) is 0 Å². The van der Waals surface area contributed by atoms with E-state index in [2.05, 4.69) is 5.10 Å². The molecule has 0 unspecified atom stereocenters. The molecule has 6 heteroatoms. The van der Waals surface area contributed by atoms with Gasteiger partial charge in [0.25, 0.3) is 0 Å². The Morgan fingerprint density at radius 1 is 1.38 bits per heavy atom. The lowest BCUT2D eigenvalue weighted by molar-refractivity contribution is 0.591. The van der Waals surface area contributed by atoms with Gasteiger partial charge in [-0.25, -0.2) is 17.5 Å². The molecule has 4 nitrogen and oxygen atoms in total. The van der Waals surface area contributed by atoms with Crippen molar-refractivity contribution in [3.05, 3.63) is 42.5 Å². The number of sulfone groups is 1. The molecule has 0 aliphatic carbocycles. The summed E-state index contributed by atoms with van der Waals surface area (Å²) in [5, 5.41) is 3.87. The Bertz CT molecular complexity index is 606. The van der Waals surface area contributed by atoms with Crippen molar-refractivity contribution in [1.29, 1.82) is 0 Å². The van der Waals surface area contributed by atoms with Crippen LogP contribution in [0.25, 0.3) is 5.69 Å². The van der Waals surface area contributed by atoms with Crippen molar-refractivity contribution in [2.45, 2.75) is 4.90 Å². The standard InChI is InChI=1S/C10H9FN2O2S/c1-16(14,15)8-3-4-10(9(11)7-8)13-6-2-5-12-13/h2-7H,1H3. The van der Waals surface area contributed by atoms with Crippen molar-refractivity contribution in [2.75, 3.05) is 6.26 Å². The zero-order valence-electron chi connectivity index (χ0n) is 8.46. The molecule has 0 N–H and O–H groups in total. The highest BCUT2D eigenvalue weighted by Crippen LogP contribution is 2.17. The number of aromatic nitrogens is 2. The molecule has 0 aliphatic rings. The maximum absolute atomic E-state index is 13.6. The van der Waals surface area contributed by atoms with Crippen LogP contribution >= 0.6 is 0 Å². The zero-order valence-corrected chi connectivity index (χ0v) is 9.28. The van der Waals surface area contributed by atoms with E-state index in [0.29, 0.717) is 0 Å². The smallest absolute Gasteiger partial charge is 0.175 e. The van der Waals surface area contributed by atoms with Gasteiger partial charge in [-0.2, -0.15) is 5.10 Å². The average molecular weight is 240 g/mol. The van der Waals surface area contributed by atoms with E-state index in [1.165, 1.54) is 23.0 Å². The first-order chi connectivity index (χ1) is 7.48. The highest BCUT2D eigenvalue weighted by molar-refractivity contribution is 7.90. The van der Waals surface area contributed by atoms with Crippen LogP contribution in [0.1, 0.15) is 0 Å². The average Bonchev–Trinajstić information content (AvgIpc) is 2.69. The van der Waals surface area contributed by atoms with E-state index < -0.39 is 15.7 Å². The molecule has 0 saturated carbocycles. The van der Waals surface area contributed by atoms with Gasteiger partial charge in [0.1, 0.15) is 11.5 Å². The van der Waals surface area contributed by atoms with Crippen molar-refractivity contribution in [1.82, 2.24) is 9.78 Å². The molecule has 84 valence electrons. The molecule has 0 amide bonds. The Balaban J connectivity index is 2.54. The topological polar surface area (TPSA) is 52.0 Å². The van der Waals surface area contributed by atoms with Crippen LogP contribution in [0.4, 0.5) is 4.39 Å². The summed E-state index contributed by atoms with van der Waals surface area (Å²) in [6.07, 6.45) is 4.14. The molecule has 0 fully saturated rings. The molecule has 16 heavy (non-hydrogen) atoms. The Hall–Kier alpha value is -1.69. The van der Waals surface area contributed by atoms with Crippen LogP contribution in [0.15, 0.2) is 41.6 Å². The maximum atomic E-state index is 13.6. The molecule has 2 aromatic rings. The van der Waals surface area contributed by atoms with Crippen LogP contribution < -0.4 is 0 Å². The second-order valence-corrected chi connectivity index (χ2v) is 5.35. The second-order valence-electron chi connectivity index (χ2n) is 3.34. The molecule has 0 aliphatic heterocycles. The van der Waals surface area contributed by atoms with Crippen LogP contribution in [-0.4, -0.2) is 24.5 Å². The normalized spacial score (nSPS) is 11.6. The molecule has 0 spiro atoms. The van der Waals surface area contributed by atoms with Gasteiger partial charge in [0.15, 0.2) is 9.84 Å². The quantitative estimate of drug-likeness (QED) is 0.797. The predicted molar refractivity (Wildman–Crippen MR) is 56.6 cm³/mol. The predicted octanol–water partition coefficient (Wildman–Crippen LogP) is 1.41. The maximum Gasteiger partial charge on any atom is 0.175 e. The van der Waals surface area contributed by atoms with Gasteiger partial charge < -0.3 is 0 Å². The first kappa shape index (κ1) is 10.8. The Labute approximate surface area is 92.3 Å². The number of rotatable bonds is 2. The summed E-state index contributed by atoms with van der Waals surface area (Å²) in [5.41, 5.74) is 0.220. The molecule has 2 rings (SSSR count). The number of halogens is 1. The van der Waals surface area contributed by atoms with Gasteiger partial charge in [0.05, 0.1) is 4.90 Å². The lowest BCUT2D eigenvalue weighted by Gasteiger charge is -2.04. The van der Waals surface area contributed by atoms with Crippen LogP contribution in [0.2, 0.25) is 0 Å². The molecule has 0 bridgehead atoms. The van der Waals surface area contributed by atoms with E-state index in [4.69, 9.17) is 0 Å². The Kier molecular flexibility index (Phi) is 2.51. The molecule has 1 heterocycles. The molecule has 1 aromatic carbocycles. The van der Waals surface area contributed by atoms with Crippen LogP contribution in [0.5, 0.6) is 0 Å². The molecule has 0 radical (unpaired) electrons. The Morgan fingerprint density at radius 3 is 2.62 bits per heavy atom. The highest BCUT2D eigenvalue weighted by atomic mass is 32.2. The second kappa shape index (κ2) is 3.71. The van der Waals surface area contributed by atoms with Gasteiger partial charge in [0.2, 0.25) is 0 Å². The highest BCUT2D eigenvalue weighted by Gasteiger charge is 2.11. The van der Waals surface area contributed by atoms with Gasteiger partial charge in [-0.3, -0.25) is 0 Å². The summed E-state index contributed by atoms with van der Waals surface area (Å²) >= 11 is 0. The summed E-state index contributed by atoms with van der Waals surface area (Å²) in [7, 11) is -3.38. The van der Waals surface area contributed by atoms with Crippen molar-refractivity contribution >= 4 is 9.84 Å². The first-order valence-corrected chi connectivity index (χ1v) is 6.37. The van der Waals surface area contributed by atoms with Crippen LogP contribution in [-0.2, 0) is 9.84 Å². The summed E-state index contributed by atoms with van der Waals surface area (Å²) in [5.74, 6) is -0.619. The molecular formula is C10H9FN2O2S. The van der Waals surface area contributed by atoms with Crippen molar-refractivity contribution in [3.8, 4) is 5.69 Å². The SMILES string of the molecule is CS(=O)(=O)c1ccc(-n2cccn2)c(F)c1. The summed E-state index contributed by atoms with van der Waals surface area (Å²) in [4.78, 5) is -0.0408. The third-order valence-corrected chi connectivity index (χ3v) is 3.21. The van der Waals surface area contributed by atoms with Gasteiger partial charge in [0, 0.05) is 18.6 Å². The fraction of sp³-hybridized carbons (Fsp3) is 0.100. The third-order valence-electron chi connectivity index (χ3n) is 2.10. The fourth-order valence-electron chi connectivity index (χ4n) is 1.32. The van der Waals surface area contributed by atoms with Gasteiger partial charge in [-0.1, -0.05) is 0 Å². The minimum absolute atomic E-state index is 0.0408. The molecule has 1 aromatic heterocycles. The van der Waals surface area contributed by atoms with Gasteiger partial charge in [-0.05, 0) is 24.3 Å². The molecule has 0 atom stereocenters. The van der Waals surface area contributed by atoms with E-state index in [-0.39, 0.29) is 10.6 Å². The number of benzene rings is 1. The van der Waals surface area contributed by atoms with Gasteiger partial charge >= 0.3 is 0 Å². The first-order valence-electron chi connectivity index (χ1n) is 4.48. The Morgan fingerprint density at radius 2 is 2.12 bits per heavy atom. The zero-order chi connectivity index (χ0) is 11.8. The van der Waals surface area contributed by atoms with Crippen LogP contribution in [0, 0.1) is 5.82 Å². The van der Waals surface area contributed by atoms with E-state index in [1.54, 1.807) is 12.3 Å². The minimum Gasteiger partial charge on any atom is -0.238 e. The van der Waals surface area contributed by atoms with E-state index in [0.717, 1.165) is 12.3 Å². The fourth-order valence-corrected chi connectivity index (χ4v) is 1.95. The molecular weight excluding hydrogens is 231 g/mol. The lowest BCUT2D eigenvalue weighted by Crippen LogP contribution is -2.02. The van der Waals surface area contributed by atoms with Crippen molar-refractivity contribution < 1.29 is 12.8 Å². The summed E-state index contributed by atoms with van der Waals surface area (Å²) < 4.78 is 37.3. The summed E-state index contributed by atoms with van der Waals surface area (Å²) in [6.45, 7) is 0. The molecule has 0 saturated heterocycles. The lowest BCUT2D eigenvalue weighted by atomic mass is 10.3. The third kappa shape index (κ3) is 1.96. The summed E-state index contributed by atoms with van der Waals surface area (Å²) in [6, 6.07) is 5.39. The van der Waals surface area contributed by atoms with Crippen molar-refractivity contribution in [2.24, 2.45) is 0 Å². The van der Waals surface area contributed by atoms with Crippen molar-refractivity contribution in [3.63, 3.8) is 0 Å². The number of hydrogen-bond acceptors (Lipinski definition) is 3.